The molecule has 1 N–H and O–H groups in total. The Labute approximate surface area is 129 Å². The molecule has 106 valence electrons. The van der Waals surface area contributed by atoms with E-state index in [1.165, 1.54) is 10.5 Å². The lowest BCUT2D eigenvalue weighted by atomic mass is 9.97. The molecule has 3 heterocycles. The van der Waals surface area contributed by atoms with E-state index in [1.54, 1.807) is 6.20 Å². The van der Waals surface area contributed by atoms with Crippen LogP contribution in [0.15, 0.2) is 48.1 Å². The van der Waals surface area contributed by atoms with Gasteiger partial charge in [-0.2, -0.15) is 0 Å². The van der Waals surface area contributed by atoms with Crippen molar-refractivity contribution in [2.24, 2.45) is 0 Å². The molecule has 1 aliphatic heterocycles. The van der Waals surface area contributed by atoms with E-state index in [9.17, 15) is 0 Å². The Balaban J connectivity index is 1.51. The highest BCUT2D eigenvalue weighted by atomic mass is 32.1. The molecule has 2 aromatic rings. The summed E-state index contributed by atoms with van der Waals surface area (Å²) in [7, 11) is 0. The summed E-state index contributed by atoms with van der Waals surface area (Å²) in [5, 5.41) is 5.70. The molecule has 1 atom stereocenters. The Bertz CT molecular complexity index is 648. The third-order valence-corrected chi connectivity index (χ3v) is 4.52. The zero-order valence-corrected chi connectivity index (χ0v) is 12.7. The van der Waals surface area contributed by atoms with Crippen molar-refractivity contribution < 1.29 is 0 Å². The van der Waals surface area contributed by atoms with Crippen LogP contribution in [-0.2, 0) is 0 Å². The summed E-state index contributed by atoms with van der Waals surface area (Å²) in [6.45, 7) is 0.966. The summed E-state index contributed by atoms with van der Waals surface area (Å²) in [6.07, 6.45) is 9.01. The maximum absolute atomic E-state index is 4.07. The normalized spacial score (nSPS) is 17.7. The highest BCUT2D eigenvalue weighted by Crippen LogP contribution is 2.27. The van der Waals surface area contributed by atoms with Crippen LogP contribution < -0.4 is 5.32 Å². The van der Waals surface area contributed by atoms with Crippen LogP contribution in [0.2, 0.25) is 0 Å². The van der Waals surface area contributed by atoms with Gasteiger partial charge < -0.3 is 5.32 Å². The van der Waals surface area contributed by atoms with E-state index in [4.69, 9.17) is 0 Å². The fourth-order valence-electron chi connectivity index (χ4n) is 2.48. The first-order valence-electron chi connectivity index (χ1n) is 7.27. The first kappa shape index (κ1) is 14.1. The summed E-state index contributed by atoms with van der Waals surface area (Å²) < 4.78 is 0. The molecule has 0 saturated heterocycles. The summed E-state index contributed by atoms with van der Waals surface area (Å²) in [4.78, 5) is 5.48. The Hall–Kier alpha value is -1.89. The minimum Gasteiger partial charge on any atom is -0.310 e. The molecule has 0 bridgehead atoms. The fraction of sp³-hybridized carbons (Fsp3) is 0.278. The molecule has 21 heavy (non-hydrogen) atoms. The number of hydrogen-bond acceptors (Lipinski definition) is 3. The molecule has 0 amide bonds. The van der Waals surface area contributed by atoms with E-state index in [-0.39, 0.29) is 0 Å². The van der Waals surface area contributed by atoms with Crippen LogP contribution in [0.4, 0.5) is 0 Å². The molecular weight excluding hydrogens is 276 g/mol. The van der Waals surface area contributed by atoms with Crippen molar-refractivity contribution in [3.63, 3.8) is 0 Å². The van der Waals surface area contributed by atoms with Gasteiger partial charge in [-0.15, -0.1) is 11.3 Å². The zero-order chi connectivity index (χ0) is 14.3. The topological polar surface area (TPSA) is 24.9 Å². The van der Waals surface area contributed by atoms with Gasteiger partial charge in [0, 0.05) is 41.8 Å². The van der Waals surface area contributed by atoms with Crippen LogP contribution in [-0.4, -0.2) is 17.6 Å². The number of thiophene rings is 1. The average Bonchev–Trinajstić information content (AvgIpc) is 3.07. The third kappa shape index (κ3) is 4.04. The smallest absolute Gasteiger partial charge is 0.0428 e. The Kier molecular flexibility index (Phi) is 4.83. The minimum absolute atomic E-state index is 0.537. The van der Waals surface area contributed by atoms with E-state index < -0.39 is 0 Å². The van der Waals surface area contributed by atoms with Crippen molar-refractivity contribution in [2.75, 3.05) is 6.54 Å². The number of rotatable bonds is 3. The van der Waals surface area contributed by atoms with Crippen LogP contribution in [0.1, 0.15) is 29.7 Å². The van der Waals surface area contributed by atoms with Crippen molar-refractivity contribution in [1.29, 1.82) is 0 Å². The van der Waals surface area contributed by atoms with Crippen LogP contribution in [0.3, 0.4) is 0 Å². The SMILES string of the molecule is C(#Cc1cccnc1)CCC1CC(c2cccs2)=CCN1. The van der Waals surface area contributed by atoms with Gasteiger partial charge >= 0.3 is 0 Å². The van der Waals surface area contributed by atoms with Gasteiger partial charge in [0.05, 0.1) is 0 Å². The van der Waals surface area contributed by atoms with Crippen LogP contribution >= 0.6 is 11.3 Å². The minimum atomic E-state index is 0.537. The van der Waals surface area contributed by atoms with E-state index in [1.807, 2.05) is 29.7 Å². The van der Waals surface area contributed by atoms with Gasteiger partial charge in [0.1, 0.15) is 0 Å². The monoisotopic (exact) mass is 294 g/mol. The molecule has 2 aromatic heterocycles. The molecule has 3 rings (SSSR count). The van der Waals surface area contributed by atoms with Crippen LogP contribution in [0, 0.1) is 11.8 Å². The molecule has 0 spiro atoms. The second-order valence-electron chi connectivity index (χ2n) is 5.10. The van der Waals surface area contributed by atoms with E-state index >= 15 is 0 Å². The van der Waals surface area contributed by atoms with Gasteiger partial charge in [-0.3, -0.25) is 4.98 Å². The summed E-state index contributed by atoms with van der Waals surface area (Å²) in [5.41, 5.74) is 2.47. The van der Waals surface area contributed by atoms with Crippen molar-refractivity contribution in [1.82, 2.24) is 10.3 Å². The van der Waals surface area contributed by atoms with Gasteiger partial charge in [-0.1, -0.05) is 24.0 Å². The lowest BCUT2D eigenvalue weighted by molar-refractivity contribution is 0.508. The van der Waals surface area contributed by atoms with Crippen molar-refractivity contribution in [2.45, 2.75) is 25.3 Å². The van der Waals surface area contributed by atoms with E-state index in [0.717, 1.165) is 31.4 Å². The zero-order valence-electron chi connectivity index (χ0n) is 11.9. The second kappa shape index (κ2) is 7.21. The average molecular weight is 294 g/mol. The van der Waals surface area contributed by atoms with Crippen molar-refractivity contribution in [3.05, 3.63) is 58.6 Å². The predicted molar refractivity (Wildman–Crippen MR) is 89.1 cm³/mol. The molecule has 1 unspecified atom stereocenters. The second-order valence-corrected chi connectivity index (χ2v) is 6.05. The lowest BCUT2D eigenvalue weighted by Gasteiger charge is -2.23. The van der Waals surface area contributed by atoms with Crippen LogP contribution in [0.25, 0.3) is 5.57 Å². The van der Waals surface area contributed by atoms with Gasteiger partial charge in [0.15, 0.2) is 0 Å². The van der Waals surface area contributed by atoms with Gasteiger partial charge in [0.2, 0.25) is 0 Å². The Morgan fingerprint density at radius 3 is 3.14 bits per heavy atom. The number of nitrogens with zero attached hydrogens (tertiary/aromatic N) is 1. The molecule has 0 fully saturated rings. The maximum Gasteiger partial charge on any atom is 0.0428 e. The summed E-state index contributed by atoms with van der Waals surface area (Å²) in [5.74, 6) is 6.42. The molecule has 0 radical (unpaired) electrons. The standard InChI is InChI=1S/C18H18N2S/c1(5-15-6-3-10-19-14-15)2-7-17-13-16(9-11-20-17)18-8-4-12-21-18/h3-4,6,8-10,12,14,17,20H,2,7,11,13H2. The van der Waals surface area contributed by atoms with Gasteiger partial charge in [-0.05, 0) is 42.0 Å². The number of aromatic nitrogens is 1. The Morgan fingerprint density at radius 2 is 2.33 bits per heavy atom. The van der Waals surface area contributed by atoms with E-state index in [0.29, 0.717) is 6.04 Å². The summed E-state index contributed by atoms with van der Waals surface area (Å²) >= 11 is 1.83. The molecule has 0 aliphatic carbocycles. The third-order valence-electron chi connectivity index (χ3n) is 3.57. The molecule has 1 aliphatic rings. The number of hydrogen-bond donors (Lipinski definition) is 1. The van der Waals surface area contributed by atoms with E-state index in [2.05, 4.69) is 45.7 Å². The fourth-order valence-corrected chi connectivity index (χ4v) is 3.26. The first-order valence-corrected chi connectivity index (χ1v) is 8.15. The highest BCUT2D eigenvalue weighted by molar-refractivity contribution is 7.11. The van der Waals surface area contributed by atoms with Crippen LogP contribution in [0.5, 0.6) is 0 Å². The first-order chi connectivity index (χ1) is 10.4. The molecular formula is C18H18N2S. The molecule has 0 saturated carbocycles. The lowest BCUT2D eigenvalue weighted by Crippen LogP contribution is -2.32. The number of nitrogens with one attached hydrogen (secondary N) is 1. The van der Waals surface area contributed by atoms with Gasteiger partial charge in [-0.25, -0.2) is 0 Å². The highest BCUT2D eigenvalue weighted by Gasteiger charge is 2.15. The predicted octanol–water partition coefficient (Wildman–Crippen LogP) is 3.72. The molecule has 0 aromatic carbocycles. The van der Waals surface area contributed by atoms with Gasteiger partial charge in [0.25, 0.3) is 0 Å². The maximum atomic E-state index is 4.07. The van der Waals surface area contributed by atoms with Crippen molar-refractivity contribution >= 4 is 16.9 Å². The largest absolute Gasteiger partial charge is 0.310 e. The van der Waals surface area contributed by atoms with Crippen molar-refractivity contribution in [3.8, 4) is 11.8 Å². The molecule has 3 heteroatoms. The number of pyridine rings is 1. The summed E-state index contributed by atoms with van der Waals surface area (Å²) in [6, 6.07) is 8.79. The molecule has 2 nitrogen and oxygen atoms in total. The Morgan fingerprint density at radius 1 is 1.33 bits per heavy atom. The quantitative estimate of drug-likeness (QED) is 0.873.